The van der Waals surface area contributed by atoms with Crippen LogP contribution in [0.1, 0.15) is 34.7 Å². The highest BCUT2D eigenvalue weighted by Gasteiger charge is 2.25. The summed E-state index contributed by atoms with van der Waals surface area (Å²) >= 11 is 0. The predicted molar refractivity (Wildman–Crippen MR) is 90.1 cm³/mol. The van der Waals surface area contributed by atoms with E-state index in [4.69, 9.17) is 0 Å². The molecule has 0 saturated heterocycles. The van der Waals surface area contributed by atoms with Gasteiger partial charge in [0, 0.05) is 30.3 Å². The van der Waals surface area contributed by atoms with E-state index >= 15 is 0 Å². The van der Waals surface area contributed by atoms with Crippen LogP contribution < -0.4 is 10.6 Å². The molecule has 4 rings (SSSR count). The molecule has 0 atom stereocenters. The Morgan fingerprint density at radius 2 is 2.00 bits per heavy atom. The number of imidazole rings is 1. The summed E-state index contributed by atoms with van der Waals surface area (Å²) in [7, 11) is 0. The van der Waals surface area contributed by atoms with E-state index in [2.05, 4.69) is 15.6 Å². The van der Waals surface area contributed by atoms with Crippen LogP contribution in [-0.2, 0) is 0 Å². The van der Waals surface area contributed by atoms with Gasteiger partial charge in [-0.2, -0.15) is 0 Å². The molecule has 0 aliphatic heterocycles. The number of carbonyl (C=O) groups is 2. The van der Waals surface area contributed by atoms with Crippen LogP contribution in [0.2, 0.25) is 0 Å². The minimum atomic E-state index is -0.778. The molecule has 1 aliphatic rings. The van der Waals surface area contributed by atoms with Gasteiger partial charge in [0.1, 0.15) is 11.5 Å². The smallest absolute Gasteiger partial charge is 0.307 e. The summed E-state index contributed by atoms with van der Waals surface area (Å²) in [6.45, 7) is 0. The fourth-order valence-electron chi connectivity index (χ4n) is 2.71. The van der Waals surface area contributed by atoms with Crippen molar-refractivity contribution in [3.63, 3.8) is 0 Å². The molecule has 0 unspecified atom stereocenters. The van der Waals surface area contributed by atoms with Crippen LogP contribution in [-0.4, -0.2) is 21.3 Å². The van der Waals surface area contributed by atoms with E-state index in [0.717, 1.165) is 18.4 Å². The van der Waals surface area contributed by atoms with Gasteiger partial charge < -0.3 is 9.72 Å². The largest absolute Gasteiger partial charge is 0.326 e. The highest BCUT2D eigenvalue weighted by molar-refractivity contribution is 6.08. The third-order valence-electron chi connectivity index (χ3n) is 4.17. The number of amides is 3. The lowest BCUT2D eigenvalue weighted by Gasteiger charge is -2.08. The molecule has 2 N–H and O–H groups in total. The topological polar surface area (TPSA) is 75.5 Å². The molecule has 0 radical (unpaired) electrons. The number of nitrogens with one attached hydrogen (secondary N) is 2. The SMILES string of the molecule is O=C(NC(=O)c1ccc(C2CC2)cc1F)Nc1ccn2ccnc2c1. The van der Waals surface area contributed by atoms with Crippen molar-refractivity contribution < 1.29 is 14.0 Å². The first kappa shape index (κ1) is 15.3. The summed E-state index contributed by atoms with van der Waals surface area (Å²) in [5.74, 6) is -1.000. The number of anilines is 1. The van der Waals surface area contributed by atoms with Crippen LogP contribution in [0.15, 0.2) is 48.9 Å². The predicted octanol–water partition coefficient (Wildman–Crippen LogP) is 3.31. The Balaban J connectivity index is 1.43. The number of benzene rings is 1. The quantitative estimate of drug-likeness (QED) is 0.769. The molecule has 1 saturated carbocycles. The Morgan fingerprint density at radius 1 is 1.16 bits per heavy atom. The van der Waals surface area contributed by atoms with E-state index < -0.39 is 17.8 Å². The Bertz CT molecular complexity index is 978. The molecule has 3 amide bonds. The minimum Gasteiger partial charge on any atom is -0.307 e. The third-order valence-corrected chi connectivity index (χ3v) is 4.17. The molecule has 2 heterocycles. The lowest BCUT2D eigenvalue weighted by Crippen LogP contribution is -2.34. The van der Waals surface area contributed by atoms with Crippen molar-refractivity contribution in [2.45, 2.75) is 18.8 Å². The third kappa shape index (κ3) is 3.21. The van der Waals surface area contributed by atoms with Gasteiger partial charge in [-0.1, -0.05) is 6.07 Å². The normalized spacial score (nSPS) is 13.6. The number of carbonyl (C=O) groups excluding carboxylic acids is 2. The molecule has 25 heavy (non-hydrogen) atoms. The highest BCUT2D eigenvalue weighted by atomic mass is 19.1. The molecule has 0 bridgehead atoms. The van der Waals surface area contributed by atoms with Crippen LogP contribution in [0, 0.1) is 5.82 Å². The number of imide groups is 1. The van der Waals surface area contributed by atoms with Crippen LogP contribution in [0.25, 0.3) is 5.65 Å². The number of urea groups is 1. The second-order valence-corrected chi connectivity index (χ2v) is 6.03. The maximum absolute atomic E-state index is 14.1. The Hall–Kier alpha value is -3.22. The van der Waals surface area contributed by atoms with E-state index in [9.17, 15) is 14.0 Å². The van der Waals surface area contributed by atoms with Crippen molar-refractivity contribution in [3.8, 4) is 0 Å². The lowest BCUT2D eigenvalue weighted by molar-refractivity contribution is 0.0963. The standard InChI is InChI=1S/C18H15FN4O2/c19-15-9-12(11-1-2-11)3-4-14(15)17(24)22-18(25)21-13-5-7-23-8-6-20-16(23)10-13/h3-11H,1-2H2,(H2,21,22,24,25). The van der Waals surface area contributed by atoms with Crippen molar-refractivity contribution in [1.29, 1.82) is 0 Å². The van der Waals surface area contributed by atoms with Gasteiger partial charge in [0.2, 0.25) is 0 Å². The van der Waals surface area contributed by atoms with E-state index in [0.29, 0.717) is 17.3 Å². The van der Waals surface area contributed by atoms with Gasteiger partial charge in [-0.3, -0.25) is 10.1 Å². The average Bonchev–Trinajstić information content (AvgIpc) is 3.32. The molecule has 1 aromatic carbocycles. The van der Waals surface area contributed by atoms with Crippen molar-refractivity contribution in [3.05, 3.63) is 65.9 Å². The maximum atomic E-state index is 14.1. The molecule has 7 heteroatoms. The zero-order valence-electron chi connectivity index (χ0n) is 13.2. The lowest BCUT2D eigenvalue weighted by atomic mass is 10.1. The van der Waals surface area contributed by atoms with Crippen LogP contribution >= 0.6 is 0 Å². The first-order chi connectivity index (χ1) is 12.1. The first-order valence-electron chi connectivity index (χ1n) is 7.94. The summed E-state index contributed by atoms with van der Waals surface area (Å²) in [6, 6.07) is 7.13. The molecule has 126 valence electrons. The van der Waals surface area contributed by atoms with E-state index in [-0.39, 0.29) is 5.56 Å². The summed E-state index contributed by atoms with van der Waals surface area (Å²) in [5.41, 5.74) is 1.88. The molecule has 3 aromatic rings. The van der Waals surface area contributed by atoms with Gasteiger partial charge in [0.25, 0.3) is 5.91 Å². The monoisotopic (exact) mass is 338 g/mol. The van der Waals surface area contributed by atoms with Crippen LogP contribution in [0.3, 0.4) is 0 Å². The molecular formula is C18H15FN4O2. The number of aromatic nitrogens is 2. The molecule has 6 nitrogen and oxygen atoms in total. The number of fused-ring (bicyclic) bond motifs is 1. The van der Waals surface area contributed by atoms with Crippen molar-refractivity contribution in [2.24, 2.45) is 0 Å². The Morgan fingerprint density at radius 3 is 2.76 bits per heavy atom. The van der Waals surface area contributed by atoms with Crippen molar-refractivity contribution in [1.82, 2.24) is 14.7 Å². The minimum absolute atomic E-state index is 0.150. The van der Waals surface area contributed by atoms with Crippen molar-refractivity contribution in [2.75, 3.05) is 5.32 Å². The Labute approximate surface area is 142 Å². The molecule has 2 aromatic heterocycles. The van der Waals surface area contributed by atoms with Gasteiger partial charge >= 0.3 is 6.03 Å². The highest BCUT2D eigenvalue weighted by Crippen LogP contribution is 2.40. The van der Waals surface area contributed by atoms with Gasteiger partial charge in [0.05, 0.1) is 5.56 Å². The van der Waals surface area contributed by atoms with Gasteiger partial charge in [-0.25, -0.2) is 14.2 Å². The maximum Gasteiger partial charge on any atom is 0.326 e. The number of nitrogens with zero attached hydrogens (tertiary/aromatic N) is 2. The van der Waals surface area contributed by atoms with Crippen molar-refractivity contribution >= 4 is 23.3 Å². The number of hydrogen-bond acceptors (Lipinski definition) is 3. The molecular weight excluding hydrogens is 323 g/mol. The molecule has 1 aliphatic carbocycles. The van der Waals surface area contributed by atoms with E-state index in [1.54, 1.807) is 41.2 Å². The zero-order chi connectivity index (χ0) is 17.4. The second-order valence-electron chi connectivity index (χ2n) is 6.03. The van der Waals surface area contributed by atoms with Gasteiger partial charge in [0.15, 0.2) is 0 Å². The second kappa shape index (κ2) is 6.01. The number of pyridine rings is 1. The van der Waals surface area contributed by atoms with Crippen LogP contribution in [0.4, 0.5) is 14.9 Å². The van der Waals surface area contributed by atoms with E-state index in [1.807, 2.05) is 0 Å². The average molecular weight is 338 g/mol. The summed E-state index contributed by atoms with van der Waals surface area (Å²) in [6.07, 6.45) is 7.24. The van der Waals surface area contributed by atoms with Crippen LogP contribution in [0.5, 0.6) is 0 Å². The van der Waals surface area contributed by atoms with Gasteiger partial charge in [-0.05, 0) is 42.5 Å². The summed E-state index contributed by atoms with van der Waals surface area (Å²) in [4.78, 5) is 28.2. The summed E-state index contributed by atoms with van der Waals surface area (Å²) in [5, 5.41) is 4.67. The summed E-state index contributed by atoms with van der Waals surface area (Å²) < 4.78 is 15.9. The fourth-order valence-corrected chi connectivity index (χ4v) is 2.71. The molecule has 0 spiro atoms. The van der Waals surface area contributed by atoms with E-state index in [1.165, 1.54) is 12.1 Å². The number of rotatable bonds is 3. The number of hydrogen-bond donors (Lipinski definition) is 2. The van der Waals surface area contributed by atoms with Gasteiger partial charge in [-0.15, -0.1) is 0 Å². The Kier molecular flexibility index (Phi) is 3.68. The fraction of sp³-hybridized carbons (Fsp3) is 0.167. The number of halogens is 1. The zero-order valence-corrected chi connectivity index (χ0v) is 13.2. The first-order valence-corrected chi connectivity index (χ1v) is 7.94. The molecule has 1 fully saturated rings.